The van der Waals surface area contributed by atoms with Crippen molar-refractivity contribution in [1.29, 1.82) is 0 Å². The number of ether oxygens (including phenoxy) is 3. The number of Topliss-reactive ketones (excluding diaryl/α,β-unsaturated/α-hetero) is 1. The van der Waals surface area contributed by atoms with Gasteiger partial charge in [-0.3, -0.25) is 14.5 Å². The highest BCUT2D eigenvalue weighted by Crippen LogP contribution is 2.47. The third kappa shape index (κ3) is 3.90. The zero-order valence-electron chi connectivity index (χ0n) is 18.8. The summed E-state index contributed by atoms with van der Waals surface area (Å²) in [6.45, 7) is 1.67. The predicted molar refractivity (Wildman–Crippen MR) is 126 cm³/mol. The van der Waals surface area contributed by atoms with Gasteiger partial charge in [-0.05, 0) is 36.8 Å². The number of aromatic nitrogens is 1. The molecule has 9 nitrogen and oxygen atoms in total. The average Bonchev–Trinajstić information content (AvgIpc) is 3.38. The van der Waals surface area contributed by atoms with E-state index in [9.17, 15) is 14.7 Å². The van der Waals surface area contributed by atoms with Crippen LogP contribution in [0.2, 0.25) is 0 Å². The Morgan fingerprint density at radius 3 is 2.15 bits per heavy atom. The summed E-state index contributed by atoms with van der Waals surface area (Å²) >= 11 is 3.35. The molecule has 1 aliphatic heterocycles. The summed E-state index contributed by atoms with van der Waals surface area (Å²) in [6, 6.07) is 10.5. The van der Waals surface area contributed by atoms with Crippen molar-refractivity contribution in [2.75, 3.05) is 26.2 Å². The first-order chi connectivity index (χ1) is 16.3. The second kappa shape index (κ2) is 9.22. The second-order valence-electron chi connectivity index (χ2n) is 7.43. The number of aryl methyl sites for hydroxylation is 1. The summed E-state index contributed by atoms with van der Waals surface area (Å²) in [5.74, 6) is -0.472. The molecular weight excluding hydrogens is 508 g/mol. The van der Waals surface area contributed by atoms with E-state index in [-0.39, 0.29) is 17.2 Å². The van der Waals surface area contributed by atoms with Crippen LogP contribution in [0.25, 0.3) is 5.76 Å². The SMILES string of the molecule is COc1cc(C2/C(=C(\O)c3ccc(Br)cc3)C(=O)C(=O)N2c2cc(C)on2)cc(OC)c1OC. The molecule has 1 N–H and O–H groups in total. The third-order valence-corrected chi connectivity index (χ3v) is 5.96. The summed E-state index contributed by atoms with van der Waals surface area (Å²) in [5.41, 5.74) is 0.699. The molecule has 34 heavy (non-hydrogen) atoms. The first-order valence-electron chi connectivity index (χ1n) is 10.1. The molecule has 1 aromatic heterocycles. The molecule has 4 rings (SSSR count). The number of carbonyl (C=O) groups excluding carboxylic acids is 2. The number of anilines is 1. The van der Waals surface area contributed by atoms with Crippen LogP contribution in [0, 0.1) is 6.92 Å². The zero-order valence-corrected chi connectivity index (χ0v) is 20.4. The Morgan fingerprint density at radius 1 is 1.03 bits per heavy atom. The van der Waals surface area contributed by atoms with E-state index >= 15 is 0 Å². The lowest BCUT2D eigenvalue weighted by molar-refractivity contribution is -0.132. The highest BCUT2D eigenvalue weighted by Gasteiger charge is 2.48. The number of amides is 1. The van der Waals surface area contributed by atoms with Crippen molar-refractivity contribution >= 4 is 39.2 Å². The lowest BCUT2D eigenvalue weighted by atomic mass is 9.94. The molecule has 10 heteroatoms. The van der Waals surface area contributed by atoms with Gasteiger partial charge in [-0.25, -0.2) is 0 Å². The molecule has 1 saturated heterocycles. The molecule has 2 heterocycles. The Balaban J connectivity index is 2.00. The Morgan fingerprint density at radius 2 is 1.65 bits per heavy atom. The molecule has 1 fully saturated rings. The van der Waals surface area contributed by atoms with Gasteiger partial charge >= 0.3 is 5.91 Å². The van der Waals surface area contributed by atoms with Crippen molar-refractivity contribution in [2.24, 2.45) is 0 Å². The van der Waals surface area contributed by atoms with Crippen LogP contribution < -0.4 is 19.1 Å². The van der Waals surface area contributed by atoms with Crippen LogP contribution in [0.5, 0.6) is 17.2 Å². The first-order valence-corrected chi connectivity index (χ1v) is 10.9. The minimum Gasteiger partial charge on any atom is -0.507 e. The summed E-state index contributed by atoms with van der Waals surface area (Å²) in [7, 11) is 4.39. The van der Waals surface area contributed by atoms with Crippen LogP contribution in [-0.2, 0) is 9.59 Å². The minimum atomic E-state index is -1.04. The molecule has 1 aliphatic rings. The number of carbonyl (C=O) groups is 2. The average molecular weight is 529 g/mol. The van der Waals surface area contributed by atoms with E-state index in [2.05, 4.69) is 21.1 Å². The lowest BCUT2D eigenvalue weighted by Gasteiger charge is -2.24. The van der Waals surface area contributed by atoms with Crippen molar-refractivity contribution in [2.45, 2.75) is 13.0 Å². The second-order valence-corrected chi connectivity index (χ2v) is 8.35. The van der Waals surface area contributed by atoms with E-state index in [1.54, 1.807) is 43.3 Å². The van der Waals surface area contributed by atoms with E-state index in [0.717, 1.165) is 4.47 Å². The van der Waals surface area contributed by atoms with Gasteiger partial charge < -0.3 is 23.8 Å². The highest BCUT2D eigenvalue weighted by molar-refractivity contribution is 9.10. The van der Waals surface area contributed by atoms with Gasteiger partial charge in [0, 0.05) is 16.1 Å². The summed E-state index contributed by atoms with van der Waals surface area (Å²) in [6.07, 6.45) is 0. The van der Waals surface area contributed by atoms with Crippen molar-refractivity contribution in [3.8, 4) is 17.2 Å². The number of ketones is 1. The predicted octanol–water partition coefficient (Wildman–Crippen LogP) is 4.40. The number of halogens is 1. The van der Waals surface area contributed by atoms with Crippen molar-refractivity contribution in [3.63, 3.8) is 0 Å². The number of rotatable bonds is 6. The Bertz CT molecular complexity index is 1270. The molecule has 2 aromatic carbocycles. The lowest BCUT2D eigenvalue weighted by Crippen LogP contribution is -2.29. The normalized spacial score (nSPS) is 17.2. The maximum atomic E-state index is 13.2. The van der Waals surface area contributed by atoms with Crippen LogP contribution in [-0.4, -0.2) is 43.3 Å². The maximum absolute atomic E-state index is 13.2. The molecule has 0 bridgehead atoms. The smallest absolute Gasteiger partial charge is 0.301 e. The van der Waals surface area contributed by atoms with Gasteiger partial charge in [-0.2, -0.15) is 0 Å². The number of nitrogens with zero attached hydrogens (tertiary/aromatic N) is 2. The Labute approximate surface area is 203 Å². The van der Waals surface area contributed by atoms with Gasteiger partial charge in [0.25, 0.3) is 5.78 Å². The molecule has 0 aliphatic carbocycles. The molecule has 0 radical (unpaired) electrons. The summed E-state index contributed by atoms with van der Waals surface area (Å²) in [4.78, 5) is 27.6. The van der Waals surface area contributed by atoms with Crippen LogP contribution in [0.3, 0.4) is 0 Å². The van der Waals surface area contributed by atoms with Gasteiger partial charge in [0.05, 0.1) is 32.9 Å². The van der Waals surface area contributed by atoms with Crippen molar-refractivity contribution < 1.29 is 33.4 Å². The molecule has 3 aromatic rings. The molecule has 1 unspecified atom stereocenters. The van der Waals surface area contributed by atoms with Crippen LogP contribution >= 0.6 is 15.9 Å². The number of methoxy groups -OCH3 is 3. The third-order valence-electron chi connectivity index (χ3n) is 5.43. The van der Waals surface area contributed by atoms with E-state index in [1.165, 1.54) is 32.3 Å². The van der Waals surface area contributed by atoms with Crippen molar-refractivity contribution in [3.05, 3.63) is 69.4 Å². The zero-order chi connectivity index (χ0) is 24.6. The fourth-order valence-corrected chi connectivity index (χ4v) is 4.14. The van der Waals surface area contributed by atoms with Gasteiger partial charge in [0.1, 0.15) is 11.5 Å². The Kier molecular flexibility index (Phi) is 6.34. The highest BCUT2D eigenvalue weighted by atomic mass is 79.9. The number of hydrogen-bond acceptors (Lipinski definition) is 8. The Hall–Kier alpha value is -3.79. The van der Waals surface area contributed by atoms with E-state index in [1.807, 2.05) is 0 Å². The number of aliphatic hydroxyl groups excluding tert-OH is 1. The fraction of sp³-hybridized carbons (Fsp3) is 0.208. The molecule has 0 saturated carbocycles. The molecule has 1 atom stereocenters. The van der Waals surface area contributed by atoms with E-state index in [4.69, 9.17) is 18.7 Å². The number of aliphatic hydroxyl groups is 1. The van der Waals surface area contributed by atoms with Gasteiger partial charge in [-0.1, -0.05) is 33.2 Å². The molecular formula is C24H21BrN2O7. The quantitative estimate of drug-likeness (QED) is 0.284. The number of benzene rings is 2. The van der Waals surface area contributed by atoms with Gasteiger partial charge in [0.2, 0.25) is 5.75 Å². The minimum absolute atomic E-state index is 0.109. The van der Waals surface area contributed by atoms with Crippen LogP contribution in [0.4, 0.5) is 5.82 Å². The largest absolute Gasteiger partial charge is 0.507 e. The topological polar surface area (TPSA) is 111 Å². The standard InChI is InChI=1S/C24H21BrN2O7/c1-12-9-18(26-34-12)27-20(14-10-16(31-2)23(33-4)17(11-14)32-3)19(22(29)24(27)30)21(28)13-5-7-15(25)8-6-13/h5-11,20,28H,1-4H3/b21-19+. The van der Waals surface area contributed by atoms with Crippen LogP contribution in [0.1, 0.15) is 22.9 Å². The molecule has 0 spiro atoms. The summed E-state index contributed by atoms with van der Waals surface area (Å²) < 4.78 is 22.3. The van der Waals surface area contributed by atoms with Gasteiger partial charge in [-0.15, -0.1) is 0 Å². The maximum Gasteiger partial charge on any atom is 0.301 e. The summed E-state index contributed by atoms with van der Waals surface area (Å²) in [5, 5.41) is 15.1. The van der Waals surface area contributed by atoms with Crippen molar-refractivity contribution in [1.82, 2.24) is 5.16 Å². The van der Waals surface area contributed by atoms with Crippen LogP contribution in [0.15, 0.2) is 57.0 Å². The molecule has 176 valence electrons. The molecule has 1 amide bonds. The van der Waals surface area contributed by atoms with Gasteiger partial charge in [0.15, 0.2) is 17.3 Å². The van der Waals surface area contributed by atoms with E-state index in [0.29, 0.717) is 34.1 Å². The number of hydrogen-bond donors (Lipinski definition) is 1. The first kappa shape index (κ1) is 23.4. The fourth-order valence-electron chi connectivity index (χ4n) is 3.87. The van der Waals surface area contributed by atoms with E-state index < -0.39 is 17.7 Å². The monoisotopic (exact) mass is 528 g/mol.